The topological polar surface area (TPSA) is 38.0 Å². The number of nitrogen functional groups attached to an aromatic ring is 1. The lowest BCUT2D eigenvalue weighted by Gasteiger charge is -1.97. The van der Waals surface area contributed by atoms with Gasteiger partial charge in [0.05, 0.1) is 0 Å². The second-order valence-electron chi connectivity index (χ2n) is 3.72. The molecule has 0 bridgehead atoms. The van der Waals surface area contributed by atoms with Gasteiger partial charge in [0.15, 0.2) is 0 Å². The summed E-state index contributed by atoms with van der Waals surface area (Å²) in [4.78, 5) is 0. The Kier molecular flexibility index (Phi) is 3.54. The molecule has 2 aromatic rings. The molecular formula is C16H12N2. The molecule has 0 fully saturated rings. The van der Waals surface area contributed by atoms with Crippen molar-refractivity contribution in [1.82, 2.24) is 0 Å². The molecule has 0 aromatic heterocycles. The number of nitrogens with one attached hydrogen (secondary N) is 1. The van der Waals surface area contributed by atoms with Gasteiger partial charge >= 0.3 is 0 Å². The van der Waals surface area contributed by atoms with Crippen molar-refractivity contribution in [2.24, 2.45) is 0 Å². The van der Waals surface area contributed by atoms with Gasteiger partial charge in [0.2, 0.25) is 0 Å². The smallest absolute Gasteiger partial charge is 0.0460 e. The van der Waals surface area contributed by atoms with Crippen molar-refractivity contribution in [3.63, 3.8) is 0 Å². The summed E-state index contributed by atoms with van der Waals surface area (Å²) in [6.45, 7) is 0. The van der Waals surface area contributed by atoms with Crippen LogP contribution in [0.5, 0.6) is 0 Å². The van der Waals surface area contributed by atoms with Crippen LogP contribution in [0.4, 0.5) is 11.4 Å². The fourth-order valence-corrected chi connectivity index (χ4v) is 1.39. The summed E-state index contributed by atoms with van der Waals surface area (Å²) in [5.74, 6) is 5.56. The summed E-state index contributed by atoms with van der Waals surface area (Å²) in [6.07, 6.45) is 5.28. The molecule has 0 radical (unpaired) electrons. The maximum atomic E-state index is 5.59. The van der Waals surface area contributed by atoms with E-state index >= 15 is 0 Å². The Labute approximate surface area is 107 Å². The molecule has 3 N–H and O–H groups in total. The predicted molar refractivity (Wildman–Crippen MR) is 75.7 cm³/mol. The van der Waals surface area contributed by atoms with E-state index in [9.17, 15) is 0 Å². The average molecular weight is 232 g/mol. The van der Waals surface area contributed by atoms with Crippen LogP contribution in [0.1, 0.15) is 11.1 Å². The first kappa shape index (κ1) is 11.6. The van der Waals surface area contributed by atoms with Crippen molar-refractivity contribution in [3.05, 3.63) is 59.7 Å². The highest BCUT2D eigenvalue weighted by atomic mass is 14.8. The number of hydrogen-bond acceptors (Lipinski definition) is 2. The minimum atomic E-state index is 0.735. The number of benzene rings is 2. The summed E-state index contributed by atoms with van der Waals surface area (Å²) < 4.78 is 0. The Bertz CT molecular complexity index is 620. The SMILES string of the molecule is C#Cc1ccc(NC#Cc2ccc(N)cc2)cc1. The van der Waals surface area contributed by atoms with E-state index in [1.54, 1.807) is 0 Å². The van der Waals surface area contributed by atoms with Crippen LogP contribution in [-0.4, -0.2) is 0 Å². The zero-order valence-electron chi connectivity index (χ0n) is 9.77. The van der Waals surface area contributed by atoms with Crippen LogP contribution < -0.4 is 11.1 Å². The Morgan fingerprint density at radius 1 is 0.889 bits per heavy atom. The van der Waals surface area contributed by atoms with Crippen LogP contribution in [0.15, 0.2) is 48.5 Å². The van der Waals surface area contributed by atoms with Crippen LogP contribution >= 0.6 is 0 Å². The molecule has 2 heteroatoms. The van der Waals surface area contributed by atoms with Crippen molar-refractivity contribution in [3.8, 4) is 24.3 Å². The first-order valence-corrected chi connectivity index (χ1v) is 5.47. The van der Waals surface area contributed by atoms with Crippen LogP contribution in [-0.2, 0) is 0 Å². The van der Waals surface area contributed by atoms with Crippen LogP contribution in [0.2, 0.25) is 0 Å². The van der Waals surface area contributed by atoms with Gasteiger partial charge in [-0.05, 0) is 54.5 Å². The number of anilines is 2. The third-order valence-corrected chi connectivity index (χ3v) is 2.38. The summed E-state index contributed by atoms with van der Waals surface area (Å²) >= 11 is 0. The first-order chi connectivity index (χ1) is 8.78. The lowest BCUT2D eigenvalue weighted by Crippen LogP contribution is -1.88. The maximum absolute atomic E-state index is 5.59. The molecule has 0 heterocycles. The van der Waals surface area contributed by atoms with Crippen LogP contribution in [0.25, 0.3) is 0 Å². The normalized spacial score (nSPS) is 8.83. The molecule has 0 saturated heterocycles. The highest BCUT2D eigenvalue weighted by molar-refractivity contribution is 5.53. The molecule has 0 aliphatic rings. The molecule has 0 unspecified atom stereocenters. The highest BCUT2D eigenvalue weighted by Crippen LogP contribution is 2.08. The second kappa shape index (κ2) is 5.48. The zero-order chi connectivity index (χ0) is 12.8. The molecule has 0 aliphatic carbocycles. The summed E-state index contributed by atoms with van der Waals surface area (Å²) in [7, 11) is 0. The van der Waals surface area contributed by atoms with Gasteiger partial charge in [0.25, 0.3) is 0 Å². The molecule has 0 amide bonds. The van der Waals surface area contributed by atoms with Gasteiger partial charge in [0, 0.05) is 28.5 Å². The average Bonchev–Trinajstić information content (AvgIpc) is 2.42. The molecule has 86 valence electrons. The minimum Gasteiger partial charge on any atom is -0.399 e. The minimum absolute atomic E-state index is 0.735. The van der Waals surface area contributed by atoms with Gasteiger partial charge in [-0.3, -0.25) is 0 Å². The Balaban J connectivity index is 2.03. The van der Waals surface area contributed by atoms with Gasteiger partial charge in [0.1, 0.15) is 0 Å². The van der Waals surface area contributed by atoms with Gasteiger partial charge in [-0.1, -0.05) is 5.92 Å². The quantitative estimate of drug-likeness (QED) is 0.450. The molecule has 2 rings (SSSR count). The molecular weight excluding hydrogens is 220 g/mol. The molecule has 2 nitrogen and oxygen atoms in total. The third-order valence-electron chi connectivity index (χ3n) is 2.38. The van der Waals surface area contributed by atoms with Crippen LogP contribution in [0, 0.1) is 24.3 Å². The Morgan fingerprint density at radius 2 is 1.50 bits per heavy atom. The zero-order valence-corrected chi connectivity index (χ0v) is 9.77. The number of terminal acetylenes is 1. The lowest BCUT2D eigenvalue weighted by molar-refractivity contribution is 1.59. The van der Waals surface area contributed by atoms with Crippen molar-refractivity contribution < 1.29 is 0 Å². The molecule has 18 heavy (non-hydrogen) atoms. The molecule has 0 saturated carbocycles. The monoisotopic (exact) mass is 232 g/mol. The van der Waals surface area contributed by atoms with E-state index in [2.05, 4.69) is 23.2 Å². The fraction of sp³-hybridized carbons (Fsp3) is 0. The molecule has 2 aromatic carbocycles. The largest absolute Gasteiger partial charge is 0.399 e. The van der Waals surface area contributed by atoms with E-state index < -0.39 is 0 Å². The van der Waals surface area contributed by atoms with E-state index in [1.165, 1.54) is 0 Å². The van der Waals surface area contributed by atoms with Crippen molar-refractivity contribution in [2.75, 3.05) is 11.1 Å². The predicted octanol–water partition coefficient (Wildman–Crippen LogP) is 2.67. The molecule has 0 atom stereocenters. The second-order valence-corrected chi connectivity index (χ2v) is 3.72. The van der Waals surface area contributed by atoms with Crippen molar-refractivity contribution >= 4 is 11.4 Å². The lowest BCUT2D eigenvalue weighted by atomic mass is 10.2. The first-order valence-electron chi connectivity index (χ1n) is 5.47. The number of hydrogen-bond donors (Lipinski definition) is 2. The van der Waals surface area contributed by atoms with Gasteiger partial charge < -0.3 is 11.1 Å². The van der Waals surface area contributed by atoms with Crippen molar-refractivity contribution in [1.29, 1.82) is 0 Å². The van der Waals surface area contributed by atoms with E-state index in [-0.39, 0.29) is 0 Å². The highest BCUT2D eigenvalue weighted by Gasteiger charge is 1.89. The fourth-order valence-electron chi connectivity index (χ4n) is 1.39. The van der Waals surface area contributed by atoms with E-state index in [0.29, 0.717) is 0 Å². The Morgan fingerprint density at radius 3 is 2.11 bits per heavy atom. The van der Waals surface area contributed by atoms with Crippen molar-refractivity contribution in [2.45, 2.75) is 0 Å². The van der Waals surface area contributed by atoms with E-state index in [1.807, 2.05) is 48.5 Å². The standard InChI is InChI=1S/C16H12N2/c1-2-13-5-9-16(10-6-13)18-12-11-14-3-7-15(17)8-4-14/h1,3-10,18H,17H2. The molecule has 0 spiro atoms. The van der Waals surface area contributed by atoms with Gasteiger partial charge in [-0.15, -0.1) is 6.42 Å². The van der Waals surface area contributed by atoms with Gasteiger partial charge in [-0.25, -0.2) is 0 Å². The van der Waals surface area contributed by atoms with E-state index in [4.69, 9.17) is 12.2 Å². The Hall–Kier alpha value is -2.84. The van der Waals surface area contributed by atoms with E-state index in [0.717, 1.165) is 22.5 Å². The van der Waals surface area contributed by atoms with Gasteiger partial charge in [-0.2, -0.15) is 0 Å². The summed E-state index contributed by atoms with van der Waals surface area (Å²) in [5.41, 5.74) is 9.01. The summed E-state index contributed by atoms with van der Waals surface area (Å²) in [6, 6.07) is 17.8. The van der Waals surface area contributed by atoms with Crippen LogP contribution in [0.3, 0.4) is 0 Å². The maximum Gasteiger partial charge on any atom is 0.0460 e. The number of nitrogens with two attached hydrogens (primary N) is 1. The molecule has 0 aliphatic heterocycles. The summed E-state index contributed by atoms with van der Waals surface area (Å²) in [5, 5.41) is 3.00. The third kappa shape index (κ3) is 3.07. The number of rotatable bonds is 1.